The molecule has 11 aromatic carbocycles. The molecule has 0 bridgehead atoms. The molecule has 2 nitrogen and oxygen atoms in total. The van der Waals surface area contributed by atoms with E-state index in [1.807, 2.05) is 11.3 Å². The maximum absolute atomic E-state index is 7.17. The molecule has 13 aromatic rings. The van der Waals surface area contributed by atoms with Gasteiger partial charge in [-0.1, -0.05) is 194 Å². The van der Waals surface area contributed by atoms with Gasteiger partial charge in [-0.2, -0.15) is 0 Å². The number of furan rings is 1. The van der Waals surface area contributed by atoms with Gasteiger partial charge in [0.15, 0.2) is 5.58 Å². The molecule has 0 aliphatic carbocycles. The minimum absolute atomic E-state index is 0.843. The number of anilines is 3. The zero-order valence-corrected chi connectivity index (χ0v) is 36.1. The summed E-state index contributed by atoms with van der Waals surface area (Å²) in [5.41, 5.74) is 14.3. The first-order valence-electron chi connectivity index (χ1n) is 22.2. The standard InChI is InChI=1S/C62H39NOS/c1-4-16-40(17-5-1)48-33-32-46(39-54(48)42-20-8-3-9-21-42)63(45-31-30-44-29-28-43-22-10-11-23-47(43)55(44)38-45)56-37-36-50(59-52-24-12-14-26-57(52)64-61(56)59)51-35-34-49(41-18-6-2-7-19-41)62-60(51)53-25-13-15-27-58(53)65-62/h1-39H. The minimum atomic E-state index is 0.843. The number of hydrogen-bond acceptors (Lipinski definition) is 3. The van der Waals surface area contributed by atoms with Crippen molar-refractivity contribution in [2.24, 2.45) is 0 Å². The smallest absolute Gasteiger partial charge is 0.160 e. The number of nitrogens with zero attached hydrogens (tertiary/aromatic N) is 1. The number of rotatable bonds is 7. The summed E-state index contributed by atoms with van der Waals surface area (Å²) in [7, 11) is 0. The van der Waals surface area contributed by atoms with Crippen LogP contribution in [-0.2, 0) is 0 Å². The molecule has 0 fully saturated rings. The van der Waals surface area contributed by atoms with Crippen molar-refractivity contribution in [1.29, 1.82) is 0 Å². The molecule has 0 unspecified atom stereocenters. The summed E-state index contributed by atoms with van der Waals surface area (Å²) in [6.07, 6.45) is 0. The number of para-hydroxylation sites is 1. The van der Waals surface area contributed by atoms with Gasteiger partial charge in [0.2, 0.25) is 0 Å². The van der Waals surface area contributed by atoms with Gasteiger partial charge in [-0.05, 0) is 109 Å². The maximum Gasteiger partial charge on any atom is 0.160 e. The van der Waals surface area contributed by atoms with E-state index in [4.69, 9.17) is 4.42 Å². The highest BCUT2D eigenvalue weighted by atomic mass is 32.1. The highest BCUT2D eigenvalue weighted by Gasteiger charge is 2.25. The third kappa shape index (κ3) is 6.16. The lowest BCUT2D eigenvalue weighted by Crippen LogP contribution is -2.11. The predicted octanol–water partition coefficient (Wildman–Crippen LogP) is 18.4. The summed E-state index contributed by atoms with van der Waals surface area (Å²) in [5, 5.41) is 9.58. The number of benzene rings is 11. The van der Waals surface area contributed by atoms with Crippen molar-refractivity contribution >= 4 is 92.1 Å². The second-order valence-corrected chi connectivity index (χ2v) is 17.8. The van der Waals surface area contributed by atoms with Crippen LogP contribution >= 0.6 is 11.3 Å². The Bertz CT molecular complexity index is 3940. The SMILES string of the molecule is c1ccc(-c2ccc(N(c3ccc4ccc5ccccc5c4c3)c3ccc(-c4ccc(-c5ccccc5)c5sc6ccccc6c45)c4c3oc3ccccc34)cc2-c2ccccc2)cc1. The third-order valence-corrected chi connectivity index (χ3v) is 14.3. The minimum Gasteiger partial charge on any atom is -0.454 e. The summed E-state index contributed by atoms with van der Waals surface area (Å²) in [6.45, 7) is 0. The largest absolute Gasteiger partial charge is 0.454 e. The lowest BCUT2D eigenvalue weighted by Gasteiger charge is -2.28. The average molecular weight is 846 g/mol. The molecule has 2 aromatic heterocycles. The van der Waals surface area contributed by atoms with Crippen LogP contribution in [0.4, 0.5) is 17.1 Å². The Balaban J connectivity index is 1.11. The third-order valence-electron chi connectivity index (χ3n) is 13.1. The molecule has 0 aliphatic rings. The van der Waals surface area contributed by atoms with Gasteiger partial charge < -0.3 is 9.32 Å². The second-order valence-electron chi connectivity index (χ2n) is 16.8. The molecule has 0 radical (unpaired) electrons. The van der Waals surface area contributed by atoms with Crippen LogP contribution in [0.25, 0.3) is 108 Å². The fourth-order valence-electron chi connectivity index (χ4n) is 10.1. The van der Waals surface area contributed by atoms with Crippen LogP contribution in [0.3, 0.4) is 0 Å². The van der Waals surface area contributed by atoms with Crippen molar-refractivity contribution in [2.45, 2.75) is 0 Å². The molecule has 3 heteroatoms. The molecule has 0 aliphatic heterocycles. The van der Waals surface area contributed by atoms with E-state index in [9.17, 15) is 0 Å². The summed E-state index contributed by atoms with van der Waals surface area (Å²) in [4.78, 5) is 2.41. The van der Waals surface area contributed by atoms with E-state index in [2.05, 4.69) is 241 Å². The normalized spacial score (nSPS) is 11.7. The van der Waals surface area contributed by atoms with Gasteiger partial charge in [-0.3, -0.25) is 0 Å². The van der Waals surface area contributed by atoms with Gasteiger partial charge in [0, 0.05) is 42.3 Å². The lowest BCUT2D eigenvalue weighted by molar-refractivity contribution is 0.669. The Hall–Kier alpha value is -8.24. The molecule has 0 N–H and O–H groups in total. The van der Waals surface area contributed by atoms with E-state index in [0.717, 1.165) is 55.7 Å². The molecular weight excluding hydrogens is 807 g/mol. The van der Waals surface area contributed by atoms with Crippen LogP contribution in [-0.4, -0.2) is 0 Å². The molecule has 65 heavy (non-hydrogen) atoms. The van der Waals surface area contributed by atoms with E-state index >= 15 is 0 Å². The lowest BCUT2D eigenvalue weighted by atomic mass is 9.91. The van der Waals surface area contributed by atoms with Crippen molar-refractivity contribution in [2.75, 3.05) is 4.90 Å². The maximum atomic E-state index is 7.17. The highest BCUT2D eigenvalue weighted by Crippen LogP contribution is 2.51. The van der Waals surface area contributed by atoms with Gasteiger partial charge in [0.05, 0.1) is 5.69 Å². The molecule has 2 heterocycles. The van der Waals surface area contributed by atoms with Crippen LogP contribution in [0.15, 0.2) is 241 Å². The molecule has 13 rings (SSSR count). The predicted molar refractivity (Wildman–Crippen MR) is 278 cm³/mol. The summed E-state index contributed by atoms with van der Waals surface area (Å²) < 4.78 is 9.74. The van der Waals surface area contributed by atoms with E-state index in [0.29, 0.717) is 0 Å². The quantitative estimate of drug-likeness (QED) is 0.149. The number of thiophene rings is 1. The van der Waals surface area contributed by atoms with Gasteiger partial charge in [0.1, 0.15) is 5.58 Å². The van der Waals surface area contributed by atoms with E-state index in [1.54, 1.807) is 0 Å². The Labute approximate surface area is 380 Å². The van der Waals surface area contributed by atoms with Crippen molar-refractivity contribution < 1.29 is 4.42 Å². The van der Waals surface area contributed by atoms with E-state index in [-0.39, 0.29) is 0 Å². The van der Waals surface area contributed by atoms with Crippen LogP contribution < -0.4 is 4.90 Å². The average Bonchev–Trinajstić information content (AvgIpc) is 3.97. The van der Waals surface area contributed by atoms with Crippen molar-refractivity contribution in [1.82, 2.24) is 0 Å². The van der Waals surface area contributed by atoms with Crippen molar-refractivity contribution in [3.63, 3.8) is 0 Å². The number of fused-ring (bicyclic) bond motifs is 9. The first kappa shape index (κ1) is 37.3. The van der Waals surface area contributed by atoms with Crippen molar-refractivity contribution in [3.8, 4) is 44.5 Å². The molecule has 0 amide bonds. The summed E-state index contributed by atoms with van der Waals surface area (Å²) >= 11 is 1.87. The highest BCUT2D eigenvalue weighted by molar-refractivity contribution is 7.26. The first-order valence-corrected chi connectivity index (χ1v) is 23.0. The monoisotopic (exact) mass is 845 g/mol. The van der Waals surface area contributed by atoms with Gasteiger partial charge >= 0.3 is 0 Å². The summed E-state index contributed by atoms with van der Waals surface area (Å²) in [5.74, 6) is 0. The Morgan fingerprint density at radius 3 is 1.63 bits per heavy atom. The topological polar surface area (TPSA) is 16.4 Å². The molecule has 304 valence electrons. The molecule has 0 atom stereocenters. The zero-order valence-electron chi connectivity index (χ0n) is 35.3. The second kappa shape index (κ2) is 15.2. The fraction of sp³-hybridized carbons (Fsp3) is 0. The van der Waals surface area contributed by atoms with Crippen LogP contribution in [0.2, 0.25) is 0 Å². The van der Waals surface area contributed by atoms with E-state index in [1.165, 1.54) is 69.5 Å². The van der Waals surface area contributed by atoms with Crippen molar-refractivity contribution in [3.05, 3.63) is 237 Å². The Morgan fingerprint density at radius 2 is 0.862 bits per heavy atom. The molecular formula is C62H39NOS. The van der Waals surface area contributed by atoms with Gasteiger partial charge in [-0.15, -0.1) is 11.3 Å². The van der Waals surface area contributed by atoms with Gasteiger partial charge in [-0.25, -0.2) is 0 Å². The van der Waals surface area contributed by atoms with Gasteiger partial charge in [0.25, 0.3) is 0 Å². The van der Waals surface area contributed by atoms with Crippen LogP contribution in [0, 0.1) is 0 Å². The molecule has 0 saturated heterocycles. The van der Waals surface area contributed by atoms with E-state index < -0.39 is 0 Å². The Morgan fingerprint density at radius 1 is 0.338 bits per heavy atom. The molecule has 0 spiro atoms. The Kier molecular flexibility index (Phi) is 8.75. The number of hydrogen-bond donors (Lipinski definition) is 0. The fourth-order valence-corrected chi connectivity index (χ4v) is 11.3. The summed E-state index contributed by atoms with van der Waals surface area (Å²) in [6, 6.07) is 85.8. The first-order chi connectivity index (χ1) is 32.2. The van der Waals surface area contributed by atoms with Crippen LogP contribution in [0.1, 0.15) is 0 Å². The zero-order chi connectivity index (χ0) is 42.8. The molecule has 0 saturated carbocycles. The van der Waals surface area contributed by atoms with Crippen LogP contribution in [0.5, 0.6) is 0 Å².